The van der Waals surface area contributed by atoms with Crippen molar-refractivity contribution in [2.75, 3.05) is 13.1 Å². The van der Waals surface area contributed by atoms with Crippen LogP contribution in [0.4, 0.5) is 0 Å². The summed E-state index contributed by atoms with van der Waals surface area (Å²) >= 11 is 0. The highest BCUT2D eigenvalue weighted by molar-refractivity contribution is 5.92. The number of hydrogen-bond donors (Lipinski definition) is 1. The highest BCUT2D eigenvalue weighted by atomic mass is 16.3. The fourth-order valence-electron chi connectivity index (χ4n) is 1.19. The van der Waals surface area contributed by atoms with Crippen LogP contribution in [0.2, 0.25) is 0 Å². The number of likely N-dealkylation sites (tertiary alicyclic amines) is 1. The SMILES string of the molecule is C=C(C)C(=O)N1CCCC1.CC.CC.O=CO. The largest absolute Gasteiger partial charge is 0.483 e. The van der Waals surface area contributed by atoms with Crippen molar-refractivity contribution in [1.82, 2.24) is 4.90 Å². The van der Waals surface area contributed by atoms with Gasteiger partial charge in [0.15, 0.2) is 0 Å². The molecule has 0 saturated carbocycles. The van der Waals surface area contributed by atoms with Crippen molar-refractivity contribution in [3.63, 3.8) is 0 Å². The molecule has 1 rings (SSSR count). The van der Waals surface area contributed by atoms with Crippen LogP contribution in [-0.4, -0.2) is 35.5 Å². The van der Waals surface area contributed by atoms with Gasteiger partial charge in [-0.2, -0.15) is 0 Å². The predicted octanol–water partition coefficient (Wildman–Crippen LogP) is 2.94. The van der Waals surface area contributed by atoms with Crippen LogP contribution in [0, 0.1) is 0 Å². The minimum atomic E-state index is -0.250. The highest BCUT2D eigenvalue weighted by Gasteiger charge is 2.17. The van der Waals surface area contributed by atoms with Gasteiger partial charge in [-0.15, -0.1) is 0 Å². The maximum atomic E-state index is 11.2. The topological polar surface area (TPSA) is 57.6 Å². The van der Waals surface area contributed by atoms with E-state index in [1.165, 1.54) is 0 Å². The summed E-state index contributed by atoms with van der Waals surface area (Å²) in [6.45, 7) is 15.0. The summed E-state index contributed by atoms with van der Waals surface area (Å²) < 4.78 is 0. The predicted molar refractivity (Wildman–Crippen MR) is 72.0 cm³/mol. The molecule has 0 aromatic carbocycles. The van der Waals surface area contributed by atoms with Crippen LogP contribution in [0.3, 0.4) is 0 Å². The first-order valence-corrected chi connectivity index (χ1v) is 6.16. The normalized spacial score (nSPS) is 11.7. The molecular weight excluding hydrogens is 218 g/mol. The van der Waals surface area contributed by atoms with E-state index in [0.29, 0.717) is 5.57 Å². The van der Waals surface area contributed by atoms with E-state index in [4.69, 9.17) is 9.90 Å². The Hall–Kier alpha value is -1.32. The van der Waals surface area contributed by atoms with Gasteiger partial charge in [-0.25, -0.2) is 0 Å². The Bertz CT molecular complexity index is 197. The first-order valence-electron chi connectivity index (χ1n) is 6.16. The average molecular weight is 245 g/mol. The van der Waals surface area contributed by atoms with E-state index in [-0.39, 0.29) is 12.4 Å². The lowest BCUT2D eigenvalue weighted by molar-refractivity contribution is -0.126. The second kappa shape index (κ2) is 17.1. The molecule has 1 aliphatic rings. The molecule has 4 heteroatoms. The van der Waals surface area contributed by atoms with Crippen molar-refractivity contribution < 1.29 is 14.7 Å². The molecule has 0 spiro atoms. The lowest BCUT2D eigenvalue weighted by Gasteiger charge is -2.14. The van der Waals surface area contributed by atoms with Crippen molar-refractivity contribution in [3.05, 3.63) is 12.2 Å². The molecule has 17 heavy (non-hydrogen) atoms. The number of carboxylic acid groups (broad SMARTS) is 1. The summed E-state index contributed by atoms with van der Waals surface area (Å²) in [5.74, 6) is 0.123. The van der Waals surface area contributed by atoms with E-state index >= 15 is 0 Å². The minimum absolute atomic E-state index is 0.123. The quantitative estimate of drug-likeness (QED) is 0.571. The van der Waals surface area contributed by atoms with Crippen molar-refractivity contribution in [2.45, 2.75) is 47.5 Å². The number of hydrogen-bond acceptors (Lipinski definition) is 2. The molecule has 0 aromatic heterocycles. The number of rotatable bonds is 1. The Labute approximate surface area is 105 Å². The summed E-state index contributed by atoms with van der Waals surface area (Å²) in [7, 11) is 0. The molecule has 1 aliphatic heterocycles. The van der Waals surface area contributed by atoms with Crippen LogP contribution in [0.25, 0.3) is 0 Å². The van der Waals surface area contributed by atoms with Crippen molar-refractivity contribution >= 4 is 12.4 Å². The lowest BCUT2D eigenvalue weighted by Crippen LogP contribution is -2.27. The molecule has 4 nitrogen and oxygen atoms in total. The van der Waals surface area contributed by atoms with E-state index in [1.807, 2.05) is 32.6 Å². The monoisotopic (exact) mass is 245 g/mol. The maximum Gasteiger partial charge on any atom is 0.290 e. The lowest BCUT2D eigenvalue weighted by atomic mass is 10.3. The molecule has 0 aliphatic carbocycles. The standard InChI is InChI=1S/C8H13NO.2C2H6.CH2O2/c1-7(2)8(10)9-5-3-4-6-9;2*1-2;2-1-3/h1,3-6H2,2H3;2*1-2H3;1H,(H,2,3). The first-order chi connectivity index (χ1) is 8.13. The molecule has 1 saturated heterocycles. The molecule has 0 radical (unpaired) electrons. The average Bonchev–Trinajstić information content (AvgIpc) is 2.88. The van der Waals surface area contributed by atoms with Gasteiger partial charge >= 0.3 is 0 Å². The van der Waals surface area contributed by atoms with Gasteiger partial charge in [0, 0.05) is 18.7 Å². The molecule has 102 valence electrons. The van der Waals surface area contributed by atoms with Gasteiger partial charge in [0.2, 0.25) is 5.91 Å². The van der Waals surface area contributed by atoms with E-state index in [9.17, 15) is 4.79 Å². The van der Waals surface area contributed by atoms with E-state index in [1.54, 1.807) is 6.92 Å². The van der Waals surface area contributed by atoms with Crippen LogP contribution in [-0.2, 0) is 9.59 Å². The summed E-state index contributed by atoms with van der Waals surface area (Å²) in [5.41, 5.74) is 0.655. The number of amides is 1. The summed E-state index contributed by atoms with van der Waals surface area (Å²) in [5, 5.41) is 6.89. The van der Waals surface area contributed by atoms with Crippen LogP contribution < -0.4 is 0 Å². The highest BCUT2D eigenvalue weighted by Crippen LogP contribution is 2.09. The third kappa shape index (κ3) is 12.6. The summed E-state index contributed by atoms with van der Waals surface area (Å²) in [4.78, 5) is 21.4. The van der Waals surface area contributed by atoms with Gasteiger partial charge in [0.25, 0.3) is 6.47 Å². The van der Waals surface area contributed by atoms with Crippen LogP contribution in [0.1, 0.15) is 47.5 Å². The van der Waals surface area contributed by atoms with Gasteiger partial charge in [0.1, 0.15) is 0 Å². The summed E-state index contributed by atoms with van der Waals surface area (Å²) in [6, 6.07) is 0. The van der Waals surface area contributed by atoms with Gasteiger partial charge in [-0.05, 0) is 19.8 Å². The molecule has 0 atom stereocenters. The Morgan fingerprint density at radius 3 is 1.71 bits per heavy atom. The molecule has 1 heterocycles. The molecule has 0 aromatic rings. The van der Waals surface area contributed by atoms with E-state index in [2.05, 4.69) is 6.58 Å². The molecule has 0 bridgehead atoms. The second-order valence-electron chi connectivity index (χ2n) is 2.89. The van der Waals surface area contributed by atoms with Gasteiger partial charge in [-0.3, -0.25) is 9.59 Å². The molecule has 1 fully saturated rings. The fourth-order valence-corrected chi connectivity index (χ4v) is 1.19. The zero-order valence-electron chi connectivity index (χ0n) is 11.8. The first kappa shape index (κ1) is 21.0. The van der Waals surface area contributed by atoms with Crippen LogP contribution >= 0.6 is 0 Å². The zero-order chi connectivity index (χ0) is 14.3. The third-order valence-corrected chi connectivity index (χ3v) is 1.76. The van der Waals surface area contributed by atoms with Gasteiger partial charge < -0.3 is 10.0 Å². The molecule has 1 amide bonds. The zero-order valence-corrected chi connectivity index (χ0v) is 11.8. The Morgan fingerprint density at radius 2 is 1.47 bits per heavy atom. The second-order valence-corrected chi connectivity index (χ2v) is 2.89. The van der Waals surface area contributed by atoms with Crippen molar-refractivity contribution in [1.29, 1.82) is 0 Å². The van der Waals surface area contributed by atoms with Crippen molar-refractivity contribution in [3.8, 4) is 0 Å². The Morgan fingerprint density at radius 1 is 1.18 bits per heavy atom. The smallest absolute Gasteiger partial charge is 0.290 e. The van der Waals surface area contributed by atoms with Crippen LogP contribution in [0.15, 0.2) is 12.2 Å². The maximum absolute atomic E-state index is 11.2. The number of carbonyl (C=O) groups excluding carboxylic acids is 1. The van der Waals surface area contributed by atoms with E-state index in [0.717, 1.165) is 25.9 Å². The van der Waals surface area contributed by atoms with E-state index < -0.39 is 0 Å². The molecular formula is C13H27NO3. The van der Waals surface area contributed by atoms with Crippen LogP contribution in [0.5, 0.6) is 0 Å². The van der Waals surface area contributed by atoms with Crippen molar-refractivity contribution in [2.24, 2.45) is 0 Å². The van der Waals surface area contributed by atoms with Gasteiger partial charge in [0.05, 0.1) is 0 Å². The number of nitrogens with zero attached hydrogens (tertiary/aromatic N) is 1. The fraction of sp³-hybridized carbons (Fsp3) is 0.692. The Kier molecular flexibility index (Phi) is 21.1. The van der Waals surface area contributed by atoms with Gasteiger partial charge in [-0.1, -0.05) is 34.3 Å². The third-order valence-electron chi connectivity index (χ3n) is 1.76. The minimum Gasteiger partial charge on any atom is -0.483 e. The molecule has 0 unspecified atom stereocenters. The number of carbonyl (C=O) groups is 2. The Balaban J connectivity index is -0.000000239. The molecule has 1 N–H and O–H groups in total. The summed E-state index contributed by atoms with van der Waals surface area (Å²) in [6.07, 6.45) is 2.30.